The molecule has 0 saturated carbocycles. The molecule has 3 heterocycles. The van der Waals surface area contributed by atoms with Crippen LogP contribution in [0.15, 0.2) is 34.0 Å². The van der Waals surface area contributed by atoms with Crippen LogP contribution in [0.3, 0.4) is 0 Å². The van der Waals surface area contributed by atoms with Crippen LogP contribution in [0.5, 0.6) is 0 Å². The lowest BCUT2D eigenvalue weighted by molar-refractivity contribution is -0.148. The largest absolute Gasteiger partial charge is 0.466 e. The predicted octanol–water partition coefficient (Wildman–Crippen LogP) is 4.93. The highest BCUT2D eigenvalue weighted by atomic mass is 32.2. The maximum absolute atomic E-state index is 13.6. The van der Waals surface area contributed by atoms with Crippen LogP contribution in [0, 0.1) is 31.1 Å². The van der Waals surface area contributed by atoms with Crippen molar-refractivity contribution in [3.63, 3.8) is 0 Å². The molecule has 0 unspecified atom stereocenters. The molecule has 0 spiro atoms. The van der Waals surface area contributed by atoms with E-state index in [0.717, 1.165) is 11.1 Å². The number of carbonyl (C=O) groups is 2. The first-order valence-corrected chi connectivity index (χ1v) is 14.8. The first-order valence-electron chi connectivity index (χ1n) is 13.6. The Hall–Kier alpha value is -3.42. The third-order valence-electron chi connectivity index (χ3n) is 7.32. The number of rotatable bonds is 8. The summed E-state index contributed by atoms with van der Waals surface area (Å²) in [4.78, 5) is 43.5. The van der Waals surface area contributed by atoms with Gasteiger partial charge in [-0.2, -0.15) is 5.26 Å². The molecule has 1 amide bonds. The van der Waals surface area contributed by atoms with Gasteiger partial charge in [-0.15, -0.1) is 0 Å². The molecule has 2 aliphatic heterocycles. The monoisotopic (exact) mass is 578 g/mol. The molecular formula is C30H34N4O4S2. The van der Waals surface area contributed by atoms with E-state index in [1.165, 1.54) is 11.8 Å². The molecule has 1 aromatic heterocycles. The third-order valence-corrected chi connectivity index (χ3v) is 8.70. The zero-order valence-electron chi connectivity index (χ0n) is 23.4. The summed E-state index contributed by atoms with van der Waals surface area (Å²) in [5.41, 5.74) is 3.04. The summed E-state index contributed by atoms with van der Waals surface area (Å²) in [6, 6.07) is 10.1. The van der Waals surface area contributed by atoms with Crippen LogP contribution in [-0.2, 0) is 27.4 Å². The fourth-order valence-corrected chi connectivity index (χ4v) is 6.38. The molecule has 4 rings (SSSR count). The lowest BCUT2D eigenvalue weighted by Gasteiger charge is -2.35. The van der Waals surface area contributed by atoms with Gasteiger partial charge < -0.3 is 9.64 Å². The van der Waals surface area contributed by atoms with Crippen LogP contribution in [0.25, 0.3) is 6.08 Å². The molecule has 0 radical (unpaired) electrons. The standard InChI is InChI=1S/C30H34N4O4S2/c1-5-13-33-26(32-14-11-22(12-15-32)29(37)38-6-2)23(20(4)24(17-31)27(33)35)16-25-28(36)34(30(39)40-25)18-21-9-7-19(3)8-10-21/h7-10,16,22H,5-6,11-15,18H2,1-4H3/b25-16-. The summed E-state index contributed by atoms with van der Waals surface area (Å²) < 4.78 is 7.34. The maximum Gasteiger partial charge on any atom is 0.309 e. The van der Waals surface area contributed by atoms with Crippen molar-refractivity contribution in [3.8, 4) is 6.07 Å². The Morgan fingerprint density at radius 3 is 2.45 bits per heavy atom. The van der Waals surface area contributed by atoms with Crippen molar-refractivity contribution >= 4 is 52.1 Å². The molecular weight excluding hydrogens is 544 g/mol. The summed E-state index contributed by atoms with van der Waals surface area (Å²) in [5, 5.41) is 9.89. The lowest BCUT2D eigenvalue weighted by atomic mass is 9.95. The Morgan fingerprint density at radius 1 is 1.18 bits per heavy atom. The fourth-order valence-electron chi connectivity index (χ4n) is 5.15. The summed E-state index contributed by atoms with van der Waals surface area (Å²) in [7, 11) is 0. The van der Waals surface area contributed by atoms with Crippen molar-refractivity contribution in [2.45, 2.75) is 60.0 Å². The smallest absolute Gasteiger partial charge is 0.309 e. The summed E-state index contributed by atoms with van der Waals surface area (Å²) in [5.74, 6) is 0.0910. The SMILES string of the molecule is CCCn1c(N2CCC(C(=O)OCC)CC2)c(/C=C2\SC(=S)N(Cc3ccc(C)cc3)C2=O)c(C)c(C#N)c1=O. The highest BCUT2D eigenvalue weighted by Crippen LogP contribution is 2.37. The number of anilines is 1. The molecule has 2 saturated heterocycles. The number of pyridine rings is 1. The first-order chi connectivity index (χ1) is 19.2. The average Bonchev–Trinajstić information content (AvgIpc) is 3.20. The summed E-state index contributed by atoms with van der Waals surface area (Å²) in [6.07, 6.45) is 3.66. The zero-order valence-corrected chi connectivity index (χ0v) is 25.0. The van der Waals surface area contributed by atoms with Crippen molar-refractivity contribution in [3.05, 3.63) is 67.3 Å². The van der Waals surface area contributed by atoms with Crippen molar-refractivity contribution in [1.29, 1.82) is 5.26 Å². The van der Waals surface area contributed by atoms with Gasteiger partial charge in [-0.05, 0) is 57.2 Å². The molecule has 2 aromatic rings. The molecule has 0 aliphatic carbocycles. The minimum Gasteiger partial charge on any atom is -0.466 e. The van der Waals surface area contributed by atoms with E-state index in [2.05, 4.69) is 11.0 Å². The van der Waals surface area contributed by atoms with Crippen LogP contribution >= 0.6 is 24.0 Å². The number of hydrogen-bond donors (Lipinski definition) is 0. The number of piperidine rings is 1. The number of hydrogen-bond acceptors (Lipinski definition) is 8. The molecule has 8 nitrogen and oxygen atoms in total. The molecule has 2 aliphatic rings. The van der Waals surface area contributed by atoms with Crippen LogP contribution in [0.4, 0.5) is 5.82 Å². The van der Waals surface area contributed by atoms with Gasteiger partial charge in [0, 0.05) is 25.2 Å². The van der Waals surface area contributed by atoms with E-state index in [-0.39, 0.29) is 28.9 Å². The number of nitriles is 1. The molecule has 0 atom stereocenters. The molecule has 10 heteroatoms. The number of thiocarbonyl (C=S) groups is 1. The second-order valence-electron chi connectivity index (χ2n) is 10.1. The van der Waals surface area contributed by atoms with Gasteiger partial charge >= 0.3 is 5.97 Å². The number of aromatic nitrogens is 1. The Balaban J connectivity index is 1.75. The van der Waals surface area contributed by atoms with Crippen molar-refractivity contribution < 1.29 is 14.3 Å². The molecule has 40 heavy (non-hydrogen) atoms. The Labute approximate surface area is 244 Å². The van der Waals surface area contributed by atoms with E-state index in [9.17, 15) is 19.6 Å². The second-order valence-corrected chi connectivity index (χ2v) is 11.7. The number of esters is 1. The van der Waals surface area contributed by atoms with E-state index >= 15 is 0 Å². The van der Waals surface area contributed by atoms with E-state index < -0.39 is 0 Å². The number of nitrogens with zero attached hydrogens (tertiary/aromatic N) is 4. The topological polar surface area (TPSA) is 95.6 Å². The Bertz CT molecular complexity index is 1450. The quantitative estimate of drug-likeness (QED) is 0.247. The number of amides is 1. The number of thioether (sulfide) groups is 1. The van der Waals surface area contributed by atoms with Gasteiger partial charge in [-0.3, -0.25) is 23.9 Å². The lowest BCUT2D eigenvalue weighted by Crippen LogP contribution is -2.41. The summed E-state index contributed by atoms with van der Waals surface area (Å²) in [6.45, 7) is 9.78. The summed E-state index contributed by atoms with van der Waals surface area (Å²) >= 11 is 6.82. The van der Waals surface area contributed by atoms with Gasteiger partial charge in [-0.1, -0.05) is 60.7 Å². The average molecular weight is 579 g/mol. The van der Waals surface area contributed by atoms with Crippen LogP contribution < -0.4 is 10.5 Å². The van der Waals surface area contributed by atoms with Crippen molar-refractivity contribution in [2.24, 2.45) is 5.92 Å². The van der Waals surface area contributed by atoms with Crippen molar-refractivity contribution in [2.75, 3.05) is 24.6 Å². The highest BCUT2D eigenvalue weighted by Gasteiger charge is 2.34. The molecule has 2 fully saturated rings. The van der Waals surface area contributed by atoms with Crippen LogP contribution in [-0.4, -0.2) is 45.4 Å². The minimum atomic E-state index is -0.339. The molecule has 210 valence electrons. The fraction of sp³-hybridized carbons (Fsp3) is 0.433. The minimum absolute atomic E-state index is 0.0694. The van der Waals surface area contributed by atoms with Gasteiger partial charge in [0.15, 0.2) is 0 Å². The Morgan fingerprint density at radius 2 is 1.85 bits per heavy atom. The predicted molar refractivity (Wildman–Crippen MR) is 162 cm³/mol. The van der Waals surface area contributed by atoms with E-state index in [4.69, 9.17) is 17.0 Å². The van der Waals surface area contributed by atoms with E-state index in [1.807, 2.05) is 38.1 Å². The van der Waals surface area contributed by atoms with E-state index in [1.54, 1.807) is 29.4 Å². The highest BCUT2D eigenvalue weighted by molar-refractivity contribution is 8.26. The second kappa shape index (κ2) is 12.8. The van der Waals surface area contributed by atoms with E-state index in [0.29, 0.717) is 78.2 Å². The Kier molecular flexibility index (Phi) is 9.48. The normalized spacial score (nSPS) is 17.0. The number of aryl methyl sites for hydroxylation is 1. The number of ether oxygens (including phenoxy) is 1. The molecule has 0 N–H and O–H groups in total. The van der Waals surface area contributed by atoms with Gasteiger partial charge in [0.05, 0.1) is 24.0 Å². The van der Waals surface area contributed by atoms with Crippen LogP contribution in [0.1, 0.15) is 60.9 Å². The van der Waals surface area contributed by atoms with Gasteiger partial charge in [0.2, 0.25) is 0 Å². The van der Waals surface area contributed by atoms with Gasteiger partial charge in [0.25, 0.3) is 11.5 Å². The zero-order chi connectivity index (χ0) is 29.0. The number of benzene rings is 1. The van der Waals surface area contributed by atoms with Crippen LogP contribution in [0.2, 0.25) is 0 Å². The number of carbonyl (C=O) groups excluding carboxylic acids is 2. The molecule has 0 bridgehead atoms. The third kappa shape index (κ3) is 6.01. The molecule has 1 aromatic carbocycles. The first kappa shape index (κ1) is 29.6. The maximum atomic E-state index is 13.6. The van der Waals surface area contributed by atoms with Crippen molar-refractivity contribution in [1.82, 2.24) is 9.47 Å². The van der Waals surface area contributed by atoms with Gasteiger partial charge in [-0.25, -0.2) is 0 Å². The van der Waals surface area contributed by atoms with Gasteiger partial charge in [0.1, 0.15) is 21.8 Å².